The van der Waals surface area contributed by atoms with Crippen molar-refractivity contribution in [1.82, 2.24) is 19.8 Å². The molecule has 1 N–H and O–H groups in total. The third kappa shape index (κ3) is 5.20. The van der Waals surface area contributed by atoms with Crippen LogP contribution in [0.4, 0.5) is 0 Å². The van der Waals surface area contributed by atoms with Crippen molar-refractivity contribution in [3.63, 3.8) is 0 Å². The topological polar surface area (TPSA) is 91.9 Å². The summed E-state index contributed by atoms with van der Waals surface area (Å²) < 4.78 is 12.3. The zero-order valence-electron chi connectivity index (χ0n) is 20.2. The Morgan fingerprint density at radius 2 is 1.86 bits per heavy atom. The van der Waals surface area contributed by atoms with Gasteiger partial charge in [-0.15, -0.1) is 0 Å². The van der Waals surface area contributed by atoms with E-state index in [1.165, 1.54) is 29.2 Å². The summed E-state index contributed by atoms with van der Waals surface area (Å²) in [6.45, 7) is 6.15. The van der Waals surface area contributed by atoms with Crippen LogP contribution in [0.15, 0.2) is 71.5 Å². The van der Waals surface area contributed by atoms with Crippen LogP contribution in [0.25, 0.3) is 21.3 Å². The number of hydrogen-bond donors (Lipinski definition) is 1. The molecule has 37 heavy (non-hydrogen) atoms. The molecule has 0 unspecified atom stereocenters. The second-order valence-electron chi connectivity index (χ2n) is 9.17. The summed E-state index contributed by atoms with van der Waals surface area (Å²) in [7, 11) is 0. The molecule has 0 aliphatic carbocycles. The molecule has 5 aromatic rings. The molecule has 0 bridgehead atoms. The Labute approximate surface area is 217 Å². The number of aromatic nitrogens is 2. The van der Waals surface area contributed by atoms with E-state index in [2.05, 4.69) is 50.1 Å². The Kier molecular flexibility index (Phi) is 6.57. The molecule has 3 aromatic heterocycles. The molecular formula is C28H26N4O4S. The van der Waals surface area contributed by atoms with Crippen LogP contribution >= 0.6 is 11.3 Å². The van der Waals surface area contributed by atoms with E-state index in [1.807, 2.05) is 24.5 Å². The molecule has 1 saturated heterocycles. The third-order valence-corrected chi connectivity index (χ3v) is 7.71. The number of hydrogen-bond acceptors (Lipinski definition) is 8. The lowest BCUT2D eigenvalue weighted by Crippen LogP contribution is -2.46. The second-order valence-corrected chi connectivity index (χ2v) is 10.1. The van der Waals surface area contributed by atoms with Crippen molar-refractivity contribution in [3.05, 3.63) is 83.7 Å². The van der Waals surface area contributed by atoms with E-state index in [0.717, 1.165) is 62.2 Å². The summed E-state index contributed by atoms with van der Waals surface area (Å²) in [5.74, 6) is -0.433. The number of carbonyl (C=O) groups is 1. The fourth-order valence-corrected chi connectivity index (χ4v) is 5.62. The molecule has 188 valence electrons. The van der Waals surface area contributed by atoms with E-state index in [0.29, 0.717) is 21.3 Å². The van der Waals surface area contributed by atoms with Crippen LogP contribution in [0.1, 0.15) is 21.5 Å². The number of fused-ring (bicyclic) bond motifs is 2. The number of furan rings is 1. The highest BCUT2D eigenvalue weighted by Crippen LogP contribution is 2.34. The van der Waals surface area contributed by atoms with Gasteiger partial charge in [0.1, 0.15) is 11.3 Å². The van der Waals surface area contributed by atoms with Gasteiger partial charge in [-0.1, -0.05) is 41.7 Å². The number of aromatic carboxylic acids is 1. The van der Waals surface area contributed by atoms with Crippen molar-refractivity contribution in [2.75, 3.05) is 32.7 Å². The molecule has 9 heteroatoms. The van der Waals surface area contributed by atoms with Gasteiger partial charge in [0.2, 0.25) is 0 Å². The first-order valence-electron chi connectivity index (χ1n) is 12.3. The minimum absolute atomic E-state index is 0.167. The second kappa shape index (κ2) is 10.3. The smallest absolute Gasteiger partial charge is 0.337 e. The molecule has 0 saturated carbocycles. The lowest BCUT2D eigenvalue weighted by Gasteiger charge is -2.34. The van der Waals surface area contributed by atoms with Crippen LogP contribution in [-0.2, 0) is 13.0 Å². The molecule has 1 aliphatic heterocycles. The fraction of sp³-hybridized carbons (Fsp3) is 0.250. The maximum absolute atomic E-state index is 11.5. The van der Waals surface area contributed by atoms with Crippen molar-refractivity contribution in [3.8, 4) is 10.9 Å². The number of benzene rings is 2. The van der Waals surface area contributed by atoms with Crippen LogP contribution in [0, 0.1) is 0 Å². The Balaban J connectivity index is 1.08. The summed E-state index contributed by atoms with van der Waals surface area (Å²) in [4.78, 5) is 25.0. The number of ether oxygens (including phenoxy) is 1. The first-order chi connectivity index (χ1) is 18.1. The highest BCUT2D eigenvalue weighted by molar-refractivity contribution is 7.20. The van der Waals surface area contributed by atoms with Crippen molar-refractivity contribution < 1.29 is 19.1 Å². The molecule has 0 atom stereocenters. The van der Waals surface area contributed by atoms with E-state index in [1.54, 1.807) is 0 Å². The number of rotatable bonds is 8. The summed E-state index contributed by atoms with van der Waals surface area (Å²) in [6.07, 6.45) is 4.36. The average Bonchev–Trinajstić information content (AvgIpc) is 3.52. The molecule has 0 spiro atoms. The van der Waals surface area contributed by atoms with Crippen molar-refractivity contribution in [2.45, 2.75) is 13.0 Å². The van der Waals surface area contributed by atoms with Gasteiger partial charge >= 0.3 is 5.97 Å². The maximum Gasteiger partial charge on any atom is 0.337 e. The lowest BCUT2D eigenvalue weighted by atomic mass is 10.1. The molecular weight excluding hydrogens is 488 g/mol. The molecule has 6 rings (SSSR count). The minimum atomic E-state index is -1.01. The van der Waals surface area contributed by atoms with E-state index in [-0.39, 0.29) is 5.56 Å². The number of carboxylic acids is 1. The van der Waals surface area contributed by atoms with Gasteiger partial charge in [0, 0.05) is 62.5 Å². The van der Waals surface area contributed by atoms with Crippen LogP contribution in [0.5, 0.6) is 10.9 Å². The first-order valence-corrected chi connectivity index (χ1v) is 13.1. The first kappa shape index (κ1) is 23.6. The Morgan fingerprint density at radius 3 is 2.68 bits per heavy atom. The van der Waals surface area contributed by atoms with Gasteiger partial charge in [0.25, 0.3) is 5.19 Å². The zero-order chi connectivity index (χ0) is 25.2. The Morgan fingerprint density at radius 1 is 1.05 bits per heavy atom. The van der Waals surface area contributed by atoms with Gasteiger partial charge in [-0.05, 0) is 30.2 Å². The number of thiazole rings is 1. The van der Waals surface area contributed by atoms with Gasteiger partial charge in [0.15, 0.2) is 5.65 Å². The summed E-state index contributed by atoms with van der Waals surface area (Å²) in [5.41, 5.74) is 3.83. The van der Waals surface area contributed by atoms with E-state index in [9.17, 15) is 9.90 Å². The summed E-state index contributed by atoms with van der Waals surface area (Å²) in [6, 6.07) is 17.9. The molecule has 1 aliphatic rings. The Bertz CT molecular complexity index is 1540. The monoisotopic (exact) mass is 514 g/mol. The SMILES string of the molecule is O=C(O)c1ccnc2nc(Oc3ccc4c(CN5CCN(CCc6ccccc6)CC5)coc4c3)sc12. The van der Waals surface area contributed by atoms with Crippen molar-refractivity contribution >= 4 is 38.6 Å². The zero-order valence-corrected chi connectivity index (χ0v) is 21.0. The Hall–Kier alpha value is -3.79. The molecule has 0 radical (unpaired) electrons. The van der Waals surface area contributed by atoms with E-state index in [4.69, 9.17) is 9.15 Å². The lowest BCUT2D eigenvalue weighted by molar-refractivity contribution is 0.0699. The normalized spacial score (nSPS) is 14.9. The predicted octanol–water partition coefficient (Wildman–Crippen LogP) is 5.29. The van der Waals surface area contributed by atoms with Crippen LogP contribution in [-0.4, -0.2) is 63.6 Å². The number of piperazine rings is 1. The molecule has 4 heterocycles. The average molecular weight is 515 g/mol. The van der Waals surface area contributed by atoms with Gasteiger partial charge in [-0.3, -0.25) is 4.90 Å². The van der Waals surface area contributed by atoms with Crippen LogP contribution in [0.3, 0.4) is 0 Å². The highest BCUT2D eigenvalue weighted by atomic mass is 32.1. The van der Waals surface area contributed by atoms with Gasteiger partial charge in [-0.25, -0.2) is 9.78 Å². The quantitative estimate of drug-likeness (QED) is 0.299. The molecule has 8 nitrogen and oxygen atoms in total. The highest BCUT2D eigenvalue weighted by Gasteiger charge is 2.19. The van der Waals surface area contributed by atoms with Crippen LogP contribution < -0.4 is 4.74 Å². The minimum Gasteiger partial charge on any atom is -0.478 e. The number of pyridine rings is 1. The molecule has 2 aromatic carbocycles. The third-order valence-electron chi connectivity index (χ3n) is 6.75. The molecule has 1 fully saturated rings. The summed E-state index contributed by atoms with van der Waals surface area (Å²) >= 11 is 1.17. The number of nitrogens with zero attached hydrogens (tertiary/aromatic N) is 4. The van der Waals surface area contributed by atoms with Gasteiger partial charge in [0.05, 0.1) is 16.5 Å². The van der Waals surface area contributed by atoms with Crippen LogP contribution in [0.2, 0.25) is 0 Å². The van der Waals surface area contributed by atoms with Gasteiger partial charge < -0.3 is 19.2 Å². The van der Waals surface area contributed by atoms with E-state index >= 15 is 0 Å². The maximum atomic E-state index is 11.5. The summed E-state index contributed by atoms with van der Waals surface area (Å²) in [5, 5.41) is 10.8. The van der Waals surface area contributed by atoms with Crippen molar-refractivity contribution in [1.29, 1.82) is 0 Å². The molecule has 0 amide bonds. The van der Waals surface area contributed by atoms with Crippen molar-refractivity contribution in [2.24, 2.45) is 0 Å². The van der Waals surface area contributed by atoms with Gasteiger partial charge in [-0.2, -0.15) is 4.98 Å². The predicted molar refractivity (Wildman–Crippen MR) is 143 cm³/mol. The van der Waals surface area contributed by atoms with E-state index < -0.39 is 5.97 Å². The largest absolute Gasteiger partial charge is 0.478 e. The number of carboxylic acid groups (broad SMARTS) is 1. The standard InChI is InChI=1S/C28H26N4O4S/c33-27(34)23-8-10-29-26-25(23)37-28(30-26)36-21-6-7-22-20(18-35-24(22)16-21)17-32-14-12-31(13-15-32)11-9-19-4-2-1-3-5-19/h1-8,10,16,18H,9,11-15,17H2,(H,33,34). The fourth-order valence-electron chi connectivity index (χ4n) is 4.72.